The van der Waals surface area contributed by atoms with E-state index >= 15 is 0 Å². The van der Waals surface area contributed by atoms with Crippen LogP contribution in [0.25, 0.3) is 10.9 Å². The van der Waals surface area contributed by atoms with Gasteiger partial charge in [0, 0.05) is 24.5 Å². The van der Waals surface area contributed by atoms with Crippen molar-refractivity contribution in [2.75, 3.05) is 13.2 Å². The van der Waals surface area contributed by atoms with Crippen LogP contribution in [0.2, 0.25) is 0 Å². The lowest BCUT2D eigenvalue weighted by atomic mass is 10.0. The maximum atomic E-state index is 9.54. The van der Waals surface area contributed by atoms with Crippen molar-refractivity contribution in [3.63, 3.8) is 0 Å². The van der Waals surface area contributed by atoms with Crippen LogP contribution >= 0.6 is 0 Å². The third-order valence-corrected chi connectivity index (χ3v) is 4.35. The number of likely N-dealkylation sites (tertiary alicyclic amines) is 1. The first kappa shape index (κ1) is 13.6. The second-order valence-electron chi connectivity index (χ2n) is 5.58. The van der Waals surface area contributed by atoms with Crippen molar-refractivity contribution in [1.82, 2.24) is 14.7 Å². The summed E-state index contributed by atoms with van der Waals surface area (Å²) >= 11 is 0. The highest BCUT2D eigenvalue weighted by Gasteiger charge is 2.23. The topological polar surface area (TPSA) is 41.3 Å². The number of hydrogen-bond acceptors (Lipinski definition) is 3. The average molecular weight is 273 g/mol. The molecule has 3 rings (SSSR count). The Hall–Kier alpha value is -1.39. The summed E-state index contributed by atoms with van der Waals surface area (Å²) in [7, 11) is 0. The number of hydrogen-bond donors (Lipinski definition) is 1. The van der Waals surface area contributed by atoms with Gasteiger partial charge in [0.15, 0.2) is 0 Å². The fourth-order valence-electron chi connectivity index (χ4n) is 3.22. The van der Waals surface area contributed by atoms with Crippen molar-refractivity contribution in [1.29, 1.82) is 0 Å². The molecule has 1 unspecified atom stereocenters. The van der Waals surface area contributed by atoms with E-state index in [9.17, 15) is 5.11 Å². The molecule has 1 saturated heterocycles. The average Bonchev–Trinajstić information content (AvgIpc) is 2.86. The van der Waals surface area contributed by atoms with E-state index in [1.54, 1.807) is 0 Å². The van der Waals surface area contributed by atoms with Gasteiger partial charge in [-0.25, -0.2) is 0 Å². The number of nitrogens with zero attached hydrogens (tertiary/aromatic N) is 3. The molecule has 1 atom stereocenters. The van der Waals surface area contributed by atoms with Crippen LogP contribution in [0, 0.1) is 0 Å². The van der Waals surface area contributed by atoms with Crippen molar-refractivity contribution < 1.29 is 5.11 Å². The first-order chi connectivity index (χ1) is 9.83. The van der Waals surface area contributed by atoms with E-state index in [1.807, 2.05) is 0 Å². The summed E-state index contributed by atoms with van der Waals surface area (Å²) in [5, 5.41) is 15.5. The largest absolute Gasteiger partial charge is 0.395 e. The van der Waals surface area contributed by atoms with Gasteiger partial charge in [-0.05, 0) is 32.4 Å². The van der Waals surface area contributed by atoms with Gasteiger partial charge in [0.2, 0.25) is 0 Å². The summed E-state index contributed by atoms with van der Waals surface area (Å²) in [4.78, 5) is 2.39. The van der Waals surface area contributed by atoms with E-state index in [2.05, 4.69) is 40.8 Å². The summed E-state index contributed by atoms with van der Waals surface area (Å²) in [5.41, 5.74) is 2.35. The van der Waals surface area contributed by atoms with Gasteiger partial charge in [-0.2, -0.15) is 5.10 Å². The lowest BCUT2D eigenvalue weighted by Gasteiger charge is -2.34. The first-order valence-corrected chi connectivity index (χ1v) is 7.62. The zero-order chi connectivity index (χ0) is 13.9. The second-order valence-corrected chi connectivity index (χ2v) is 5.58. The van der Waals surface area contributed by atoms with Crippen LogP contribution in [0.1, 0.15) is 31.9 Å². The Morgan fingerprint density at radius 2 is 2.15 bits per heavy atom. The Kier molecular flexibility index (Phi) is 4.03. The lowest BCUT2D eigenvalue weighted by molar-refractivity contribution is 0.0832. The van der Waals surface area contributed by atoms with Crippen molar-refractivity contribution in [2.45, 2.75) is 45.3 Å². The molecule has 1 aliphatic heterocycles. The molecular weight excluding hydrogens is 250 g/mol. The number of para-hydroxylation sites is 1. The van der Waals surface area contributed by atoms with Crippen molar-refractivity contribution in [2.24, 2.45) is 0 Å². The molecular formula is C16H23N3O. The van der Waals surface area contributed by atoms with Gasteiger partial charge in [-0.3, -0.25) is 9.58 Å². The zero-order valence-corrected chi connectivity index (χ0v) is 12.1. The van der Waals surface area contributed by atoms with Gasteiger partial charge in [-0.15, -0.1) is 0 Å². The van der Waals surface area contributed by atoms with Crippen LogP contribution in [0.5, 0.6) is 0 Å². The molecule has 2 aromatic rings. The highest BCUT2D eigenvalue weighted by atomic mass is 16.3. The van der Waals surface area contributed by atoms with E-state index < -0.39 is 0 Å². The normalized spacial score (nSPS) is 20.6. The smallest absolute Gasteiger partial charge is 0.0843 e. The Balaban J connectivity index is 1.90. The summed E-state index contributed by atoms with van der Waals surface area (Å²) in [6, 6.07) is 8.73. The number of aryl methyl sites for hydroxylation is 1. The highest BCUT2D eigenvalue weighted by molar-refractivity contribution is 5.81. The van der Waals surface area contributed by atoms with Gasteiger partial charge in [0.1, 0.15) is 0 Å². The van der Waals surface area contributed by atoms with Crippen LogP contribution in [0.3, 0.4) is 0 Å². The van der Waals surface area contributed by atoms with Crippen molar-refractivity contribution >= 4 is 10.9 Å². The number of benzene rings is 1. The molecule has 20 heavy (non-hydrogen) atoms. The van der Waals surface area contributed by atoms with E-state index in [0.717, 1.165) is 31.7 Å². The van der Waals surface area contributed by atoms with Crippen molar-refractivity contribution in [3.05, 3.63) is 30.0 Å². The molecule has 1 aromatic heterocycles. The van der Waals surface area contributed by atoms with E-state index in [1.165, 1.54) is 23.7 Å². The molecule has 0 spiro atoms. The number of aromatic nitrogens is 2. The number of rotatable bonds is 4. The van der Waals surface area contributed by atoms with E-state index in [4.69, 9.17) is 5.10 Å². The monoisotopic (exact) mass is 273 g/mol. The van der Waals surface area contributed by atoms with Crippen molar-refractivity contribution in [3.8, 4) is 0 Å². The summed E-state index contributed by atoms with van der Waals surface area (Å²) in [6.07, 6.45) is 3.55. The zero-order valence-electron chi connectivity index (χ0n) is 12.1. The molecule has 1 aliphatic rings. The standard InChI is InChI=1S/C16H23N3O/c1-2-19-16-9-4-3-8-14(16)15(17-19)11-18-10-6-5-7-13(18)12-20/h3-4,8-9,13,20H,2,5-7,10-12H2,1H3. The summed E-state index contributed by atoms with van der Waals surface area (Å²) < 4.78 is 2.07. The molecule has 0 amide bonds. The Bertz CT molecular complexity index is 578. The Labute approximate surface area is 120 Å². The Morgan fingerprint density at radius 1 is 1.30 bits per heavy atom. The quantitative estimate of drug-likeness (QED) is 0.930. The minimum atomic E-state index is 0.256. The molecule has 1 fully saturated rings. The molecule has 1 aromatic carbocycles. The van der Waals surface area contributed by atoms with Crippen LogP contribution in [-0.4, -0.2) is 39.0 Å². The minimum absolute atomic E-state index is 0.256. The molecule has 2 heterocycles. The second kappa shape index (κ2) is 5.94. The molecule has 0 saturated carbocycles. The molecule has 0 radical (unpaired) electrons. The molecule has 4 nitrogen and oxygen atoms in total. The Morgan fingerprint density at radius 3 is 2.95 bits per heavy atom. The summed E-state index contributed by atoms with van der Waals surface area (Å²) in [5.74, 6) is 0. The van der Waals surface area contributed by atoms with Gasteiger partial charge in [0.25, 0.3) is 0 Å². The molecule has 1 N–H and O–H groups in total. The number of aliphatic hydroxyl groups is 1. The van der Waals surface area contributed by atoms with Crippen LogP contribution < -0.4 is 0 Å². The predicted octanol–water partition coefficient (Wildman–Crippen LogP) is 2.40. The SMILES string of the molecule is CCn1nc(CN2CCCCC2CO)c2ccccc21. The third-order valence-electron chi connectivity index (χ3n) is 4.35. The first-order valence-electron chi connectivity index (χ1n) is 7.62. The van der Waals surface area contributed by atoms with Crippen LogP contribution in [-0.2, 0) is 13.1 Å². The predicted molar refractivity (Wildman–Crippen MR) is 80.5 cm³/mol. The maximum absolute atomic E-state index is 9.54. The number of fused-ring (bicyclic) bond motifs is 1. The van der Waals surface area contributed by atoms with Crippen LogP contribution in [0.15, 0.2) is 24.3 Å². The van der Waals surface area contributed by atoms with Gasteiger partial charge < -0.3 is 5.11 Å². The number of piperidine rings is 1. The lowest BCUT2D eigenvalue weighted by Crippen LogP contribution is -2.41. The third kappa shape index (κ3) is 2.45. The molecule has 4 heteroatoms. The van der Waals surface area contributed by atoms with E-state index in [-0.39, 0.29) is 6.61 Å². The molecule has 0 bridgehead atoms. The molecule has 0 aliphatic carbocycles. The molecule has 108 valence electrons. The van der Waals surface area contributed by atoms with Gasteiger partial charge in [0.05, 0.1) is 17.8 Å². The fourth-order valence-corrected chi connectivity index (χ4v) is 3.22. The highest BCUT2D eigenvalue weighted by Crippen LogP contribution is 2.23. The van der Waals surface area contributed by atoms with E-state index in [0.29, 0.717) is 6.04 Å². The van der Waals surface area contributed by atoms with Crippen LogP contribution in [0.4, 0.5) is 0 Å². The minimum Gasteiger partial charge on any atom is -0.395 e. The summed E-state index contributed by atoms with van der Waals surface area (Å²) in [6.45, 7) is 5.19. The van der Waals surface area contributed by atoms with Gasteiger partial charge in [-0.1, -0.05) is 24.6 Å². The fraction of sp³-hybridized carbons (Fsp3) is 0.562. The van der Waals surface area contributed by atoms with Gasteiger partial charge >= 0.3 is 0 Å². The maximum Gasteiger partial charge on any atom is 0.0843 e. The number of aliphatic hydroxyl groups excluding tert-OH is 1.